The van der Waals surface area contributed by atoms with Crippen LogP contribution in [0, 0.1) is 5.92 Å². The second kappa shape index (κ2) is 4.10. The summed E-state index contributed by atoms with van der Waals surface area (Å²) in [4.78, 5) is 4.03. The first-order chi connectivity index (χ1) is 5.70. The van der Waals surface area contributed by atoms with Gasteiger partial charge >= 0.3 is 0 Å². The van der Waals surface area contributed by atoms with E-state index < -0.39 is 0 Å². The first kappa shape index (κ1) is 9.04. The molecule has 0 aromatic carbocycles. The van der Waals surface area contributed by atoms with Gasteiger partial charge in [0.1, 0.15) is 0 Å². The molecule has 0 unspecified atom stereocenters. The lowest BCUT2D eigenvalue weighted by Crippen LogP contribution is -2.21. The third-order valence-corrected chi connectivity index (χ3v) is 2.06. The van der Waals surface area contributed by atoms with E-state index in [2.05, 4.69) is 31.1 Å². The highest BCUT2D eigenvalue weighted by molar-refractivity contribution is 5.40. The number of hydrogen-bond acceptors (Lipinski definition) is 2. The Morgan fingerprint density at radius 1 is 1.33 bits per heavy atom. The molecule has 1 aromatic heterocycles. The van der Waals surface area contributed by atoms with Crippen LogP contribution in [0.25, 0.3) is 0 Å². The number of aromatic nitrogens is 1. The van der Waals surface area contributed by atoms with Gasteiger partial charge in [-0.25, -0.2) is 0 Å². The van der Waals surface area contributed by atoms with Crippen LogP contribution < -0.4 is 5.32 Å². The lowest BCUT2D eigenvalue weighted by atomic mass is 10.1. The molecule has 0 aliphatic carbocycles. The van der Waals surface area contributed by atoms with Crippen LogP contribution in [0.2, 0.25) is 0 Å². The fourth-order valence-electron chi connectivity index (χ4n) is 0.878. The average molecular weight is 164 g/mol. The van der Waals surface area contributed by atoms with E-state index in [9.17, 15) is 0 Å². The number of rotatable bonds is 3. The van der Waals surface area contributed by atoms with E-state index >= 15 is 0 Å². The Kier molecular flexibility index (Phi) is 3.09. The molecular weight excluding hydrogens is 148 g/mol. The van der Waals surface area contributed by atoms with E-state index in [1.54, 1.807) is 6.20 Å². The van der Waals surface area contributed by atoms with Gasteiger partial charge in [-0.15, -0.1) is 0 Å². The van der Waals surface area contributed by atoms with E-state index in [4.69, 9.17) is 0 Å². The molecule has 0 fully saturated rings. The molecule has 1 atom stereocenters. The molecule has 1 N–H and O–H groups in total. The molecule has 0 saturated carbocycles. The zero-order chi connectivity index (χ0) is 8.97. The highest BCUT2D eigenvalue weighted by atomic mass is 14.9. The van der Waals surface area contributed by atoms with Gasteiger partial charge in [0.05, 0.1) is 5.69 Å². The second-order valence-electron chi connectivity index (χ2n) is 3.42. The van der Waals surface area contributed by atoms with Gasteiger partial charge in [0, 0.05) is 18.4 Å². The quantitative estimate of drug-likeness (QED) is 0.742. The zero-order valence-electron chi connectivity index (χ0n) is 7.91. The van der Waals surface area contributed by atoms with Gasteiger partial charge in [-0.2, -0.15) is 0 Å². The molecule has 0 saturated heterocycles. The number of pyridine rings is 1. The number of nitrogens with one attached hydrogen (secondary N) is 1. The number of anilines is 1. The highest BCUT2D eigenvalue weighted by Gasteiger charge is 2.05. The smallest absolute Gasteiger partial charge is 0.0528 e. The second-order valence-corrected chi connectivity index (χ2v) is 3.42. The molecule has 2 heteroatoms. The fourth-order valence-corrected chi connectivity index (χ4v) is 0.878. The lowest BCUT2D eigenvalue weighted by molar-refractivity contribution is 0.560. The van der Waals surface area contributed by atoms with Gasteiger partial charge in [0.15, 0.2) is 0 Å². The molecular formula is C10H16N2. The van der Waals surface area contributed by atoms with E-state index in [-0.39, 0.29) is 0 Å². The summed E-state index contributed by atoms with van der Waals surface area (Å²) in [6.45, 7) is 6.58. The van der Waals surface area contributed by atoms with Crippen LogP contribution in [-0.4, -0.2) is 11.0 Å². The van der Waals surface area contributed by atoms with E-state index in [1.165, 1.54) is 0 Å². The molecule has 0 aliphatic rings. The molecule has 0 bridgehead atoms. The van der Waals surface area contributed by atoms with Gasteiger partial charge in [0.2, 0.25) is 0 Å². The minimum Gasteiger partial charge on any atom is -0.381 e. The topological polar surface area (TPSA) is 24.9 Å². The van der Waals surface area contributed by atoms with E-state index in [0.29, 0.717) is 12.0 Å². The van der Waals surface area contributed by atoms with Crippen molar-refractivity contribution in [3.8, 4) is 0 Å². The standard InChI is InChI=1S/C10H16N2/c1-8(2)9(3)12-10-5-4-6-11-7-10/h4-9,12H,1-3H3/t9-/m0/s1. The minimum atomic E-state index is 0.495. The molecule has 12 heavy (non-hydrogen) atoms. The van der Waals surface area contributed by atoms with Crippen molar-refractivity contribution in [1.29, 1.82) is 0 Å². The van der Waals surface area contributed by atoms with Crippen molar-refractivity contribution >= 4 is 5.69 Å². The maximum atomic E-state index is 4.03. The Bertz CT molecular complexity index is 219. The van der Waals surface area contributed by atoms with E-state index in [0.717, 1.165) is 5.69 Å². The van der Waals surface area contributed by atoms with Crippen LogP contribution in [0.5, 0.6) is 0 Å². The summed E-state index contributed by atoms with van der Waals surface area (Å²) in [5.41, 5.74) is 1.10. The summed E-state index contributed by atoms with van der Waals surface area (Å²) in [6, 6.07) is 4.47. The molecule has 66 valence electrons. The molecule has 0 spiro atoms. The Morgan fingerprint density at radius 2 is 2.08 bits per heavy atom. The summed E-state index contributed by atoms with van der Waals surface area (Å²) in [5.74, 6) is 0.644. The van der Waals surface area contributed by atoms with Gasteiger partial charge in [0.25, 0.3) is 0 Å². The maximum Gasteiger partial charge on any atom is 0.0528 e. The first-order valence-electron chi connectivity index (χ1n) is 4.36. The molecule has 0 radical (unpaired) electrons. The van der Waals surface area contributed by atoms with Crippen LogP contribution in [0.3, 0.4) is 0 Å². The molecule has 1 rings (SSSR count). The van der Waals surface area contributed by atoms with E-state index in [1.807, 2.05) is 18.3 Å². The summed E-state index contributed by atoms with van der Waals surface area (Å²) in [6.07, 6.45) is 3.63. The third kappa shape index (κ3) is 2.53. The van der Waals surface area contributed by atoms with Gasteiger partial charge in [-0.05, 0) is 25.0 Å². The van der Waals surface area contributed by atoms with Gasteiger partial charge < -0.3 is 5.32 Å². The molecule has 0 aliphatic heterocycles. The normalized spacial score (nSPS) is 13.0. The summed E-state index contributed by atoms with van der Waals surface area (Å²) in [7, 11) is 0. The monoisotopic (exact) mass is 164 g/mol. The molecule has 2 nitrogen and oxygen atoms in total. The molecule has 0 amide bonds. The minimum absolute atomic E-state index is 0.495. The van der Waals surface area contributed by atoms with Crippen molar-refractivity contribution in [2.45, 2.75) is 26.8 Å². The number of nitrogens with zero attached hydrogens (tertiary/aromatic N) is 1. The van der Waals surface area contributed by atoms with Crippen LogP contribution in [0.1, 0.15) is 20.8 Å². The van der Waals surface area contributed by atoms with Gasteiger partial charge in [-0.3, -0.25) is 4.98 Å². The van der Waals surface area contributed by atoms with Crippen LogP contribution in [-0.2, 0) is 0 Å². The Hall–Kier alpha value is -1.05. The Labute approximate surface area is 74.0 Å². The fraction of sp³-hybridized carbons (Fsp3) is 0.500. The van der Waals surface area contributed by atoms with Crippen molar-refractivity contribution in [2.75, 3.05) is 5.32 Å². The highest BCUT2D eigenvalue weighted by Crippen LogP contribution is 2.09. The maximum absolute atomic E-state index is 4.03. The zero-order valence-corrected chi connectivity index (χ0v) is 7.91. The Morgan fingerprint density at radius 3 is 2.58 bits per heavy atom. The SMILES string of the molecule is CC(C)[C@H](C)Nc1cccnc1. The summed E-state index contributed by atoms with van der Waals surface area (Å²) >= 11 is 0. The predicted molar refractivity (Wildman–Crippen MR) is 52.2 cm³/mol. The summed E-state index contributed by atoms with van der Waals surface area (Å²) in [5, 5.41) is 3.38. The lowest BCUT2D eigenvalue weighted by Gasteiger charge is -2.18. The van der Waals surface area contributed by atoms with Crippen molar-refractivity contribution < 1.29 is 0 Å². The van der Waals surface area contributed by atoms with Crippen LogP contribution in [0.15, 0.2) is 24.5 Å². The third-order valence-electron chi connectivity index (χ3n) is 2.06. The van der Waals surface area contributed by atoms with Crippen molar-refractivity contribution in [1.82, 2.24) is 4.98 Å². The van der Waals surface area contributed by atoms with Crippen molar-refractivity contribution in [2.24, 2.45) is 5.92 Å². The molecule has 1 heterocycles. The van der Waals surface area contributed by atoms with Crippen LogP contribution >= 0.6 is 0 Å². The first-order valence-corrected chi connectivity index (χ1v) is 4.36. The van der Waals surface area contributed by atoms with Crippen molar-refractivity contribution in [3.63, 3.8) is 0 Å². The molecule has 1 aromatic rings. The van der Waals surface area contributed by atoms with Crippen molar-refractivity contribution in [3.05, 3.63) is 24.5 Å². The largest absolute Gasteiger partial charge is 0.381 e. The average Bonchev–Trinajstić information content (AvgIpc) is 2.06. The van der Waals surface area contributed by atoms with Gasteiger partial charge in [-0.1, -0.05) is 13.8 Å². The predicted octanol–water partition coefficient (Wildman–Crippen LogP) is 2.54. The van der Waals surface area contributed by atoms with Crippen LogP contribution in [0.4, 0.5) is 5.69 Å². The Balaban J connectivity index is 2.53. The summed E-state index contributed by atoms with van der Waals surface area (Å²) < 4.78 is 0. The number of hydrogen-bond donors (Lipinski definition) is 1.